The van der Waals surface area contributed by atoms with Crippen molar-refractivity contribution in [2.24, 2.45) is 0 Å². The van der Waals surface area contributed by atoms with Gasteiger partial charge in [0, 0.05) is 41.1 Å². The first-order chi connectivity index (χ1) is 17.0. The van der Waals surface area contributed by atoms with Crippen molar-refractivity contribution in [3.8, 4) is 16.9 Å². The molecular formula is C25H23F3N6O2. The summed E-state index contributed by atoms with van der Waals surface area (Å²) in [6.45, 7) is 7.26. The van der Waals surface area contributed by atoms with Gasteiger partial charge in [0.2, 0.25) is 5.95 Å². The summed E-state index contributed by atoms with van der Waals surface area (Å²) in [4.78, 5) is 25.2. The molecule has 0 amide bonds. The van der Waals surface area contributed by atoms with Crippen molar-refractivity contribution in [2.45, 2.75) is 33.9 Å². The molecule has 186 valence electrons. The molecule has 0 radical (unpaired) electrons. The first kappa shape index (κ1) is 24.8. The van der Waals surface area contributed by atoms with E-state index in [-0.39, 0.29) is 29.6 Å². The van der Waals surface area contributed by atoms with Gasteiger partial charge in [0.05, 0.1) is 12.2 Å². The molecule has 3 aromatic heterocycles. The third kappa shape index (κ3) is 5.35. The Morgan fingerprint density at radius 3 is 2.39 bits per heavy atom. The number of halogens is 3. The smallest absolute Gasteiger partial charge is 0.435 e. The number of ether oxygens (including phenoxy) is 1. The highest BCUT2D eigenvalue weighted by Crippen LogP contribution is 2.32. The van der Waals surface area contributed by atoms with Crippen molar-refractivity contribution < 1.29 is 22.7 Å². The van der Waals surface area contributed by atoms with Crippen LogP contribution in [-0.2, 0) is 10.9 Å². The monoisotopic (exact) mass is 496 g/mol. The Hall–Kier alpha value is -4.28. The van der Waals surface area contributed by atoms with Crippen LogP contribution in [-0.4, -0.2) is 37.3 Å². The molecule has 1 N–H and O–H groups in total. The van der Waals surface area contributed by atoms with Crippen LogP contribution < -0.4 is 5.32 Å². The quantitative estimate of drug-likeness (QED) is 0.348. The summed E-state index contributed by atoms with van der Waals surface area (Å²) in [5.41, 5.74) is 2.87. The number of carbonyl (C=O) groups excluding carboxylic acids is 1. The largest absolute Gasteiger partial charge is 0.462 e. The van der Waals surface area contributed by atoms with Crippen molar-refractivity contribution in [2.75, 3.05) is 11.9 Å². The van der Waals surface area contributed by atoms with E-state index in [0.29, 0.717) is 11.1 Å². The third-order valence-corrected chi connectivity index (χ3v) is 5.19. The van der Waals surface area contributed by atoms with Crippen molar-refractivity contribution >= 4 is 17.6 Å². The molecule has 0 bridgehead atoms. The van der Waals surface area contributed by atoms with E-state index in [4.69, 9.17) is 4.74 Å². The lowest BCUT2D eigenvalue weighted by Crippen LogP contribution is -2.11. The molecule has 0 spiro atoms. The number of nitrogens with zero attached hydrogens (tertiary/aromatic N) is 5. The minimum atomic E-state index is -4.63. The average molecular weight is 496 g/mol. The van der Waals surface area contributed by atoms with Crippen LogP contribution >= 0.6 is 0 Å². The van der Waals surface area contributed by atoms with Gasteiger partial charge in [-0.3, -0.25) is 4.98 Å². The first-order valence-electron chi connectivity index (χ1n) is 11.0. The number of rotatable bonds is 6. The van der Waals surface area contributed by atoms with E-state index in [9.17, 15) is 18.0 Å². The number of aromatic nitrogens is 5. The van der Waals surface area contributed by atoms with Gasteiger partial charge in [0.25, 0.3) is 0 Å². The van der Waals surface area contributed by atoms with Crippen LogP contribution in [0.15, 0.2) is 48.9 Å². The Balaban J connectivity index is 1.85. The zero-order valence-electron chi connectivity index (χ0n) is 20.0. The molecule has 36 heavy (non-hydrogen) atoms. The maximum atomic E-state index is 13.4. The summed E-state index contributed by atoms with van der Waals surface area (Å²) >= 11 is 0. The fourth-order valence-corrected chi connectivity index (χ4v) is 3.71. The fraction of sp³-hybridized carbons (Fsp3) is 0.240. The molecule has 4 aromatic rings. The predicted molar refractivity (Wildman–Crippen MR) is 127 cm³/mol. The fourth-order valence-electron chi connectivity index (χ4n) is 3.71. The SMILES string of the molecule is CCOC(=O)c1cncc(-c2cnc(Nc3cc(C)cc(C)c3)nc2-n2nc(C(F)(F)F)cc2C)c1. The van der Waals surface area contributed by atoms with Crippen LogP contribution in [0.4, 0.5) is 24.8 Å². The number of alkyl halides is 3. The summed E-state index contributed by atoms with van der Waals surface area (Å²) in [5, 5.41) is 6.86. The Morgan fingerprint density at radius 1 is 1.03 bits per heavy atom. The number of nitrogens with one attached hydrogen (secondary N) is 1. The first-order valence-corrected chi connectivity index (χ1v) is 11.0. The van der Waals surface area contributed by atoms with Crippen molar-refractivity contribution in [1.29, 1.82) is 0 Å². The average Bonchev–Trinajstić information content (AvgIpc) is 3.21. The van der Waals surface area contributed by atoms with Gasteiger partial charge < -0.3 is 10.1 Å². The molecule has 0 aliphatic carbocycles. The molecule has 0 atom stereocenters. The van der Waals surface area contributed by atoms with E-state index in [2.05, 4.69) is 25.4 Å². The summed E-state index contributed by atoms with van der Waals surface area (Å²) in [7, 11) is 0. The summed E-state index contributed by atoms with van der Waals surface area (Å²) < 4.78 is 46.3. The van der Waals surface area contributed by atoms with Gasteiger partial charge in [0.1, 0.15) is 0 Å². The summed E-state index contributed by atoms with van der Waals surface area (Å²) in [6.07, 6.45) is -0.368. The molecule has 0 unspecified atom stereocenters. The van der Waals surface area contributed by atoms with Gasteiger partial charge in [-0.25, -0.2) is 14.5 Å². The number of anilines is 2. The minimum absolute atomic E-state index is 0.0904. The maximum absolute atomic E-state index is 13.4. The van der Waals surface area contributed by atoms with Crippen LogP contribution in [0.2, 0.25) is 0 Å². The number of aryl methyl sites for hydroxylation is 3. The highest BCUT2D eigenvalue weighted by molar-refractivity contribution is 5.91. The summed E-state index contributed by atoms with van der Waals surface area (Å²) in [6, 6.07) is 8.27. The number of hydrogen-bond acceptors (Lipinski definition) is 7. The van der Waals surface area contributed by atoms with E-state index < -0.39 is 17.8 Å². The number of hydrogen-bond donors (Lipinski definition) is 1. The van der Waals surface area contributed by atoms with Crippen LogP contribution in [0, 0.1) is 20.8 Å². The maximum Gasteiger partial charge on any atom is 0.435 e. The van der Waals surface area contributed by atoms with E-state index >= 15 is 0 Å². The molecule has 0 aliphatic rings. The molecule has 0 aliphatic heterocycles. The van der Waals surface area contributed by atoms with Crippen LogP contribution in [0.25, 0.3) is 16.9 Å². The molecular weight excluding hydrogens is 473 g/mol. The van der Waals surface area contributed by atoms with Crippen LogP contribution in [0.3, 0.4) is 0 Å². The molecule has 8 nitrogen and oxygen atoms in total. The zero-order chi connectivity index (χ0) is 26.0. The Kier molecular flexibility index (Phi) is 6.73. The van der Waals surface area contributed by atoms with Crippen LogP contribution in [0.5, 0.6) is 0 Å². The lowest BCUT2D eigenvalue weighted by atomic mass is 10.1. The van der Waals surface area contributed by atoms with E-state index in [1.807, 2.05) is 32.0 Å². The van der Waals surface area contributed by atoms with Gasteiger partial charge in [-0.2, -0.15) is 23.3 Å². The third-order valence-electron chi connectivity index (χ3n) is 5.19. The number of esters is 1. The minimum Gasteiger partial charge on any atom is -0.462 e. The second-order valence-electron chi connectivity index (χ2n) is 8.20. The topological polar surface area (TPSA) is 94.8 Å². The second kappa shape index (κ2) is 9.76. The molecule has 3 heterocycles. The van der Waals surface area contributed by atoms with E-state index in [1.54, 1.807) is 6.92 Å². The van der Waals surface area contributed by atoms with Gasteiger partial charge in [-0.15, -0.1) is 0 Å². The lowest BCUT2D eigenvalue weighted by molar-refractivity contribution is -0.141. The van der Waals surface area contributed by atoms with E-state index in [0.717, 1.165) is 27.6 Å². The van der Waals surface area contributed by atoms with Gasteiger partial charge in [-0.05, 0) is 63.1 Å². The Labute approximate surface area is 205 Å². The molecule has 0 saturated carbocycles. The number of pyridine rings is 1. The van der Waals surface area contributed by atoms with Crippen molar-refractivity contribution in [3.05, 3.63) is 77.0 Å². The molecule has 4 rings (SSSR count). The zero-order valence-corrected chi connectivity index (χ0v) is 20.0. The van der Waals surface area contributed by atoms with Crippen molar-refractivity contribution in [3.63, 3.8) is 0 Å². The summed E-state index contributed by atoms with van der Waals surface area (Å²) in [5.74, 6) is -0.318. The second-order valence-corrected chi connectivity index (χ2v) is 8.20. The van der Waals surface area contributed by atoms with E-state index in [1.165, 1.54) is 31.6 Å². The molecule has 1 aromatic carbocycles. The number of benzene rings is 1. The van der Waals surface area contributed by atoms with Crippen molar-refractivity contribution in [1.82, 2.24) is 24.7 Å². The van der Waals surface area contributed by atoms with Crippen LogP contribution in [0.1, 0.15) is 39.8 Å². The van der Waals surface area contributed by atoms with Gasteiger partial charge >= 0.3 is 12.1 Å². The van der Waals surface area contributed by atoms with Gasteiger partial charge in [-0.1, -0.05) is 6.07 Å². The highest BCUT2D eigenvalue weighted by Gasteiger charge is 2.35. The Morgan fingerprint density at radius 2 is 1.75 bits per heavy atom. The number of carbonyl (C=O) groups is 1. The molecule has 0 fully saturated rings. The highest BCUT2D eigenvalue weighted by atomic mass is 19.4. The normalized spacial score (nSPS) is 11.4. The standard InChI is InChI=1S/C25H23F3N6O2/c1-5-36-23(35)18-10-17(11-29-12-18)20-13-30-24(31-19-7-14(2)6-15(3)8-19)32-22(20)34-16(4)9-21(33-34)25(26,27)28/h6-13H,5H2,1-4H3,(H,30,31,32). The Bertz CT molecular complexity index is 1410. The molecule has 11 heteroatoms. The van der Waals surface area contributed by atoms with Gasteiger partial charge in [0.15, 0.2) is 11.5 Å². The molecule has 0 saturated heterocycles. The lowest BCUT2D eigenvalue weighted by Gasteiger charge is -2.14. The predicted octanol–water partition coefficient (Wildman–Crippen LogP) is 5.59.